The first kappa shape index (κ1) is 24.7. The minimum atomic E-state index is -0.359. The van der Waals surface area contributed by atoms with Crippen LogP contribution in [0.4, 0.5) is 0 Å². The molecule has 0 saturated carbocycles. The van der Waals surface area contributed by atoms with E-state index in [1.165, 1.54) is 0 Å². The number of rotatable bonds is 12. The number of hydrogen-bond acceptors (Lipinski definition) is 5. The molecule has 2 aromatic rings. The maximum absolute atomic E-state index is 13.4. The number of nitrogens with zero attached hydrogens (tertiary/aromatic N) is 4. The van der Waals surface area contributed by atoms with Crippen LogP contribution in [0.2, 0.25) is 0 Å². The van der Waals surface area contributed by atoms with Gasteiger partial charge in [0.1, 0.15) is 6.04 Å². The fraction of sp³-hybridized carbons (Fsp3) is 0.583. The zero-order chi connectivity index (χ0) is 23.0. The van der Waals surface area contributed by atoms with Crippen LogP contribution in [0.3, 0.4) is 0 Å². The van der Waals surface area contributed by atoms with Crippen molar-refractivity contribution in [3.05, 3.63) is 41.2 Å². The Balaban J connectivity index is 2.22. The van der Waals surface area contributed by atoms with Gasteiger partial charge >= 0.3 is 0 Å². The Morgan fingerprint density at radius 1 is 1.16 bits per heavy atom. The number of hydrogen-bond donors (Lipinski definition) is 0. The van der Waals surface area contributed by atoms with Gasteiger partial charge in [-0.2, -0.15) is 5.10 Å². The van der Waals surface area contributed by atoms with Crippen molar-refractivity contribution in [3.63, 3.8) is 0 Å². The van der Waals surface area contributed by atoms with Gasteiger partial charge in [-0.05, 0) is 78.0 Å². The zero-order valence-corrected chi connectivity index (χ0v) is 20.1. The lowest BCUT2D eigenvalue weighted by Crippen LogP contribution is -2.38. The molecule has 1 aromatic heterocycles. The third-order valence-corrected chi connectivity index (χ3v) is 5.18. The van der Waals surface area contributed by atoms with Crippen LogP contribution in [-0.4, -0.2) is 66.4 Å². The Morgan fingerprint density at radius 2 is 1.90 bits per heavy atom. The molecule has 0 spiro atoms. The highest BCUT2D eigenvalue weighted by Gasteiger charge is 2.24. The molecule has 1 atom stereocenters. The topological polar surface area (TPSA) is 59.8 Å². The van der Waals surface area contributed by atoms with Crippen molar-refractivity contribution in [1.29, 1.82) is 0 Å². The van der Waals surface area contributed by atoms with E-state index in [0.717, 1.165) is 42.1 Å². The Labute approximate surface area is 186 Å². The molecule has 0 saturated heterocycles. The van der Waals surface area contributed by atoms with Crippen LogP contribution in [0.5, 0.6) is 11.5 Å². The van der Waals surface area contributed by atoms with Crippen LogP contribution in [0, 0.1) is 13.8 Å². The Bertz CT molecular complexity index is 847. The number of carbonyl (C=O) groups excluding carboxylic acids is 1. The van der Waals surface area contributed by atoms with E-state index in [-0.39, 0.29) is 11.9 Å². The van der Waals surface area contributed by atoms with E-state index >= 15 is 0 Å². The minimum Gasteiger partial charge on any atom is -0.493 e. The summed E-state index contributed by atoms with van der Waals surface area (Å²) in [4.78, 5) is 17.5. The summed E-state index contributed by atoms with van der Waals surface area (Å²) in [5.41, 5.74) is 2.92. The standard InChI is InChI=1S/C24H38N4O3/c1-8-14-31-22-11-10-21(16-23(22)30-7)17-27(13-9-12-26(5)6)24(29)20(4)28-19(3)15-18(2)25-28/h10-11,15-16,20H,8-9,12-14,17H2,1-7H3/t20-/m0/s1. The number of ether oxygens (including phenoxy) is 2. The number of aromatic nitrogens is 2. The maximum atomic E-state index is 13.4. The molecular formula is C24H38N4O3. The fourth-order valence-corrected chi connectivity index (χ4v) is 3.61. The van der Waals surface area contributed by atoms with Crippen LogP contribution in [0.25, 0.3) is 0 Å². The van der Waals surface area contributed by atoms with Gasteiger partial charge in [-0.25, -0.2) is 0 Å². The van der Waals surface area contributed by atoms with E-state index in [4.69, 9.17) is 9.47 Å². The molecule has 0 unspecified atom stereocenters. The number of amides is 1. The second kappa shape index (κ2) is 11.7. The second-order valence-corrected chi connectivity index (χ2v) is 8.30. The van der Waals surface area contributed by atoms with Gasteiger partial charge in [0.15, 0.2) is 11.5 Å². The molecule has 31 heavy (non-hydrogen) atoms. The average Bonchev–Trinajstić information content (AvgIpc) is 3.08. The van der Waals surface area contributed by atoms with E-state index < -0.39 is 0 Å². The van der Waals surface area contributed by atoms with Crippen molar-refractivity contribution in [1.82, 2.24) is 19.6 Å². The molecule has 0 aliphatic rings. The summed E-state index contributed by atoms with van der Waals surface area (Å²) < 4.78 is 13.1. The van der Waals surface area contributed by atoms with Gasteiger partial charge in [0.05, 0.1) is 19.4 Å². The van der Waals surface area contributed by atoms with Crippen LogP contribution >= 0.6 is 0 Å². The Morgan fingerprint density at radius 3 is 2.48 bits per heavy atom. The molecule has 1 aromatic carbocycles. The molecule has 7 heteroatoms. The van der Waals surface area contributed by atoms with Crippen molar-refractivity contribution in [2.75, 3.05) is 40.9 Å². The summed E-state index contributed by atoms with van der Waals surface area (Å²) in [6.07, 6.45) is 1.83. The van der Waals surface area contributed by atoms with Crippen molar-refractivity contribution >= 4 is 5.91 Å². The van der Waals surface area contributed by atoms with Crippen LogP contribution in [0.1, 0.15) is 49.7 Å². The molecule has 172 valence electrons. The second-order valence-electron chi connectivity index (χ2n) is 8.30. The third kappa shape index (κ3) is 6.99. The normalized spacial score (nSPS) is 12.1. The molecule has 0 radical (unpaired) electrons. The van der Waals surface area contributed by atoms with Gasteiger partial charge in [0, 0.05) is 18.8 Å². The monoisotopic (exact) mass is 430 g/mol. The maximum Gasteiger partial charge on any atom is 0.247 e. The first-order chi connectivity index (χ1) is 14.8. The SMILES string of the molecule is CCCOc1ccc(CN(CCCN(C)C)C(=O)[C@H](C)n2nc(C)cc2C)cc1OC. The lowest BCUT2D eigenvalue weighted by molar-refractivity contribution is -0.135. The van der Waals surface area contributed by atoms with Gasteiger partial charge in [-0.1, -0.05) is 13.0 Å². The lowest BCUT2D eigenvalue weighted by atomic mass is 10.1. The van der Waals surface area contributed by atoms with E-state index in [1.807, 2.05) is 68.7 Å². The molecule has 0 fully saturated rings. The van der Waals surface area contributed by atoms with Crippen LogP contribution in [-0.2, 0) is 11.3 Å². The number of methoxy groups -OCH3 is 1. The highest BCUT2D eigenvalue weighted by molar-refractivity contribution is 5.80. The smallest absolute Gasteiger partial charge is 0.247 e. The highest BCUT2D eigenvalue weighted by Crippen LogP contribution is 2.29. The molecule has 1 heterocycles. The van der Waals surface area contributed by atoms with E-state index in [0.29, 0.717) is 25.4 Å². The average molecular weight is 431 g/mol. The van der Waals surface area contributed by atoms with Gasteiger partial charge in [0.25, 0.3) is 0 Å². The number of carbonyl (C=O) groups is 1. The van der Waals surface area contributed by atoms with Crippen molar-refractivity contribution < 1.29 is 14.3 Å². The summed E-state index contributed by atoms with van der Waals surface area (Å²) in [5.74, 6) is 1.49. The van der Waals surface area contributed by atoms with Gasteiger partial charge in [-0.15, -0.1) is 0 Å². The quantitative estimate of drug-likeness (QED) is 0.512. The van der Waals surface area contributed by atoms with Crippen LogP contribution < -0.4 is 9.47 Å². The summed E-state index contributed by atoms with van der Waals surface area (Å²) in [7, 11) is 5.73. The summed E-state index contributed by atoms with van der Waals surface area (Å²) in [5, 5.41) is 4.52. The molecule has 0 aliphatic heterocycles. The van der Waals surface area contributed by atoms with E-state index in [1.54, 1.807) is 7.11 Å². The highest BCUT2D eigenvalue weighted by atomic mass is 16.5. The predicted octanol–water partition coefficient (Wildman–Crippen LogP) is 3.84. The van der Waals surface area contributed by atoms with E-state index in [9.17, 15) is 4.79 Å². The molecular weight excluding hydrogens is 392 g/mol. The summed E-state index contributed by atoms with van der Waals surface area (Å²) >= 11 is 0. The fourth-order valence-electron chi connectivity index (χ4n) is 3.61. The predicted molar refractivity (Wildman–Crippen MR) is 124 cm³/mol. The molecule has 0 N–H and O–H groups in total. The van der Waals surface area contributed by atoms with Crippen molar-refractivity contribution in [3.8, 4) is 11.5 Å². The largest absolute Gasteiger partial charge is 0.493 e. The third-order valence-electron chi connectivity index (χ3n) is 5.18. The number of benzene rings is 1. The van der Waals surface area contributed by atoms with Gasteiger partial charge < -0.3 is 19.3 Å². The minimum absolute atomic E-state index is 0.0650. The molecule has 1 amide bonds. The first-order valence-electron chi connectivity index (χ1n) is 11.0. The van der Waals surface area contributed by atoms with Crippen molar-refractivity contribution in [2.24, 2.45) is 0 Å². The summed E-state index contributed by atoms with van der Waals surface area (Å²) in [6.45, 7) is 10.7. The zero-order valence-electron chi connectivity index (χ0n) is 20.1. The van der Waals surface area contributed by atoms with Crippen LogP contribution in [0.15, 0.2) is 24.3 Å². The first-order valence-corrected chi connectivity index (χ1v) is 11.0. The van der Waals surface area contributed by atoms with E-state index in [2.05, 4.69) is 16.9 Å². The molecule has 2 rings (SSSR count). The van der Waals surface area contributed by atoms with Crippen molar-refractivity contribution in [2.45, 2.75) is 53.1 Å². The number of aryl methyl sites for hydroxylation is 2. The Hall–Kier alpha value is -2.54. The van der Waals surface area contributed by atoms with Gasteiger partial charge in [-0.3, -0.25) is 9.48 Å². The molecule has 0 bridgehead atoms. The van der Waals surface area contributed by atoms with Gasteiger partial charge in [0.2, 0.25) is 5.91 Å². The molecule has 0 aliphatic carbocycles. The molecule has 7 nitrogen and oxygen atoms in total. The summed E-state index contributed by atoms with van der Waals surface area (Å²) in [6, 6.07) is 7.54. The Kier molecular flexibility index (Phi) is 9.37. The lowest BCUT2D eigenvalue weighted by Gasteiger charge is -2.27.